The van der Waals surface area contributed by atoms with Gasteiger partial charge in [-0.15, -0.1) is 0 Å². The normalized spacial score (nSPS) is 9.67. The third kappa shape index (κ3) is 4.06. The van der Waals surface area contributed by atoms with E-state index in [1.54, 1.807) is 13.2 Å². The van der Waals surface area contributed by atoms with Gasteiger partial charge in [0.2, 0.25) is 0 Å². The van der Waals surface area contributed by atoms with Gasteiger partial charge in [0.05, 0.1) is 7.11 Å². The van der Waals surface area contributed by atoms with Crippen LogP contribution in [-0.4, -0.2) is 32.0 Å². The Morgan fingerprint density at radius 3 is 2.56 bits per heavy atom. The third-order valence-corrected chi connectivity index (χ3v) is 2.27. The molecule has 0 fully saturated rings. The van der Waals surface area contributed by atoms with Crippen LogP contribution in [0.5, 0.6) is 5.75 Å². The van der Waals surface area contributed by atoms with Crippen LogP contribution >= 0.6 is 0 Å². The van der Waals surface area contributed by atoms with Crippen molar-refractivity contribution in [2.24, 2.45) is 5.73 Å². The summed E-state index contributed by atoms with van der Waals surface area (Å²) in [7, 11) is 1.55. The summed E-state index contributed by atoms with van der Waals surface area (Å²) in [5.74, 6) is -0.704. The molecular formula is C12H17N3O3. The second-order valence-corrected chi connectivity index (χ2v) is 3.54. The summed E-state index contributed by atoms with van der Waals surface area (Å²) >= 11 is 0. The lowest BCUT2D eigenvalue weighted by atomic mass is 10.2. The van der Waals surface area contributed by atoms with E-state index in [2.05, 4.69) is 10.6 Å². The van der Waals surface area contributed by atoms with Gasteiger partial charge in [0.1, 0.15) is 5.75 Å². The molecule has 2 amide bonds. The minimum absolute atomic E-state index is 0.235. The Bertz CT molecular complexity index is 421. The molecule has 6 heteroatoms. The SMILES string of the molecule is COc1ccccc1CNC(=O)C(=O)NCCN. The van der Waals surface area contributed by atoms with E-state index in [4.69, 9.17) is 10.5 Å². The molecule has 0 aliphatic carbocycles. The molecule has 0 spiro atoms. The molecule has 18 heavy (non-hydrogen) atoms. The number of hydrogen-bond acceptors (Lipinski definition) is 4. The Hall–Kier alpha value is -2.08. The average Bonchev–Trinajstić information content (AvgIpc) is 2.42. The zero-order chi connectivity index (χ0) is 13.4. The van der Waals surface area contributed by atoms with Crippen molar-refractivity contribution in [1.29, 1.82) is 0 Å². The maximum Gasteiger partial charge on any atom is 0.309 e. The van der Waals surface area contributed by atoms with Crippen molar-refractivity contribution in [3.8, 4) is 5.75 Å². The molecule has 0 saturated carbocycles. The smallest absolute Gasteiger partial charge is 0.309 e. The fourth-order valence-corrected chi connectivity index (χ4v) is 1.37. The van der Waals surface area contributed by atoms with Crippen LogP contribution in [0.15, 0.2) is 24.3 Å². The largest absolute Gasteiger partial charge is 0.496 e. The van der Waals surface area contributed by atoms with Gasteiger partial charge in [0.25, 0.3) is 0 Å². The number of hydrogen-bond donors (Lipinski definition) is 3. The number of rotatable bonds is 5. The number of nitrogens with two attached hydrogens (primary N) is 1. The van der Waals surface area contributed by atoms with Crippen molar-refractivity contribution < 1.29 is 14.3 Å². The lowest BCUT2D eigenvalue weighted by Crippen LogP contribution is -2.41. The molecule has 6 nitrogen and oxygen atoms in total. The second kappa shape index (κ2) is 7.29. The number of carbonyl (C=O) groups is 2. The second-order valence-electron chi connectivity index (χ2n) is 3.54. The molecule has 0 bridgehead atoms. The van der Waals surface area contributed by atoms with E-state index in [9.17, 15) is 9.59 Å². The van der Waals surface area contributed by atoms with Crippen molar-refractivity contribution in [1.82, 2.24) is 10.6 Å². The quantitative estimate of drug-likeness (QED) is 0.608. The number of amides is 2. The molecule has 1 aromatic rings. The zero-order valence-electron chi connectivity index (χ0n) is 10.2. The fourth-order valence-electron chi connectivity index (χ4n) is 1.37. The first-order valence-corrected chi connectivity index (χ1v) is 5.57. The monoisotopic (exact) mass is 251 g/mol. The minimum Gasteiger partial charge on any atom is -0.496 e. The van der Waals surface area contributed by atoms with Gasteiger partial charge in [0, 0.05) is 25.2 Å². The Kier molecular flexibility index (Phi) is 5.66. The molecule has 0 aliphatic rings. The molecule has 0 unspecified atom stereocenters. The van der Waals surface area contributed by atoms with Gasteiger partial charge in [-0.05, 0) is 6.07 Å². The average molecular weight is 251 g/mol. The van der Waals surface area contributed by atoms with E-state index in [0.717, 1.165) is 5.56 Å². The van der Waals surface area contributed by atoms with E-state index in [0.29, 0.717) is 12.3 Å². The predicted octanol–water partition coefficient (Wildman–Crippen LogP) is -0.614. The van der Waals surface area contributed by atoms with Gasteiger partial charge >= 0.3 is 11.8 Å². The molecule has 98 valence electrons. The molecule has 0 radical (unpaired) electrons. The lowest BCUT2D eigenvalue weighted by Gasteiger charge is -2.09. The highest BCUT2D eigenvalue weighted by Crippen LogP contribution is 2.16. The van der Waals surface area contributed by atoms with E-state index in [1.807, 2.05) is 18.2 Å². The minimum atomic E-state index is -0.686. The Labute approximate surface area is 105 Å². The topological polar surface area (TPSA) is 93.4 Å². The third-order valence-electron chi connectivity index (χ3n) is 2.27. The summed E-state index contributed by atoms with van der Waals surface area (Å²) in [6, 6.07) is 7.27. The highest BCUT2D eigenvalue weighted by Gasteiger charge is 2.12. The molecule has 4 N–H and O–H groups in total. The van der Waals surface area contributed by atoms with Crippen molar-refractivity contribution in [2.45, 2.75) is 6.54 Å². The number of methoxy groups -OCH3 is 1. The summed E-state index contributed by atoms with van der Waals surface area (Å²) in [6.45, 7) is 0.811. The van der Waals surface area contributed by atoms with Crippen molar-refractivity contribution >= 4 is 11.8 Å². The van der Waals surface area contributed by atoms with Crippen molar-refractivity contribution in [2.75, 3.05) is 20.2 Å². The summed E-state index contributed by atoms with van der Waals surface area (Å²) < 4.78 is 5.13. The van der Waals surface area contributed by atoms with Gasteiger partial charge in [0.15, 0.2) is 0 Å². The molecule has 0 saturated heterocycles. The van der Waals surface area contributed by atoms with Crippen molar-refractivity contribution in [3.63, 3.8) is 0 Å². The van der Waals surface area contributed by atoms with Crippen LogP contribution in [0.1, 0.15) is 5.56 Å². The summed E-state index contributed by atoms with van der Waals surface area (Å²) in [5.41, 5.74) is 6.02. The maximum absolute atomic E-state index is 11.4. The Morgan fingerprint density at radius 1 is 1.22 bits per heavy atom. The highest BCUT2D eigenvalue weighted by atomic mass is 16.5. The van der Waals surface area contributed by atoms with Gasteiger partial charge in [-0.25, -0.2) is 0 Å². The van der Waals surface area contributed by atoms with Crippen LogP contribution in [0, 0.1) is 0 Å². The number of ether oxygens (including phenoxy) is 1. The zero-order valence-corrected chi connectivity index (χ0v) is 10.2. The van der Waals surface area contributed by atoms with Crippen LogP contribution < -0.4 is 21.1 Å². The molecule has 0 aliphatic heterocycles. The molecule has 1 rings (SSSR count). The first kappa shape index (κ1) is 14.0. The van der Waals surface area contributed by atoms with Crippen molar-refractivity contribution in [3.05, 3.63) is 29.8 Å². The standard InChI is InChI=1S/C12H17N3O3/c1-18-10-5-3-2-4-9(10)8-15-12(17)11(16)14-7-6-13/h2-5H,6-8,13H2,1H3,(H,14,16)(H,15,17). The van der Waals surface area contributed by atoms with Gasteiger partial charge in [-0.1, -0.05) is 18.2 Å². The molecule has 0 heterocycles. The van der Waals surface area contributed by atoms with Crippen LogP contribution in [0.25, 0.3) is 0 Å². The van der Waals surface area contributed by atoms with Gasteiger partial charge < -0.3 is 21.1 Å². The summed E-state index contributed by atoms with van der Waals surface area (Å²) in [6.07, 6.45) is 0. The molecule has 0 atom stereocenters. The predicted molar refractivity (Wildman–Crippen MR) is 66.9 cm³/mol. The molecule has 0 aromatic heterocycles. The maximum atomic E-state index is 11.4. The number of benzene rings is 1. The number of para-hydroxylation sites is 1. The highest BCUT2D eigenvalue weighted by molar-refractivity contribution is 6.35. The lowest BCUT2D eigenvalue weighted by molar-refractivity contribution is -0.139. The van der Waals surface area contributed by atoms with Crippen LogP contribution in [-0.2, 0) is 16.1 Å². The fraction of sp³-hybridized carbons (Fsp3) is 0.333. The molecular weight excluding hydrogens is 234 g/mol. The van der Waals surface area contributed by atoms with Crippen LogP contribution in [0.3, 0.4) is 0 Å². The summed E-state index contributed by atoms with van der Waals surface area (Å²) in [5, 5.41) is 4.90. The van der Waals surface area contributed by atoms with Crippen LogP contribution in [0.2, 0.25) is 0 Å². The van der Waals surface area contributed by atoms with E-state index in [1.165, 1.54) is 0 Å². The Morgan fingerprint density at radius 2 is 1.89 bits per heavy atom. The number of nitrogens with one attached hydrogen (secondary N) is 2. The Balaban J connectivity index is 2.49. The first-order valence-electron chi connectivity index (χ1n) is 5.57. The number of carbonyl (C=O) groups excluding carboxylic acids is 2. The first-order chi connectivity index (χ1) is 8.69. The van der Waals surface area contributed by atoms with E-state index in [-0.39, 0.29) is 13.1 Å². The van der Waals surface area contributed by atoms with Gasteiger partial charge in [-0.3, -0.25) is 9.59 Å². The summed E-state index contributed by atoms with van der Waals surface area (Å²) in [4.78, 5) is 22.7. The van der Waals surface area contributed by atoms with Gasteiger partial charge in [-0.2, -0.15) is 0 Å². The van der Waals surface area contributed by atoms with Crippen LogP contribution in [0.4, 0.5) is 0 Å². The van der Waals surface area contributed by atoms with E-state index < -0.39 is 11.8 Å². The molecule has 1 aromatic carbocycles. The van der Waals surface area contributed by atoms with E-state index >= 15 is 0 Å².